The standard InChI is InChI=1S/C18H22O2/c1-14(2)12-18(19)16-8-10-17(11-9-16)20-13-15-6-4-3-5-7-15/h3-11,14,18-19H,12-13H2,1-2H3. The van der Waals surface area contributed by atoms with Crippen LogP contribution in [0.15, 0.2) is 54.6 Å². The monoisotopic (exact) mass is 270 g/mol. The number of hydrogen-bond donors (Lipinski definition) is 1. The highest BCUT2D eigenvalue weighted by atomic mass is 16.5. The predicted molar refractivity (Wildman–Crippen MR) is 81.6 cm³/mol. The molecule has 0 radical (unpaired) electrons. The van der Waals surface area contributed by atoms with Crippen molar-refractivity contribution in [1.82, 2.24) is 0 Å². The van der Waals surface area contributed by atoms with Crippen molar-refractivity contribution in [3.8, 4) is 5.75 Å². The van der Waals surface area contributed by atoms with Gasteiger partial charge < -0.3 is 9.84 Å². The fourth-order valence-electron chi connectivity index (χ4n) is 2.11. The SMILES string of the molecule is CC(C)CC(O)c1ccc(OCc2ccccc2)cc1. The third-order valence-electron chi connectivity index (χ3n) is 3.21. The molecule has 0 spiro atoms. The maximum Gasteiger partial charge on any atom is 0.119 e. The van der Waals surface area contributed by atoms with Crippen LogP contribution in [0, 0.1) is 5.92 Å². The third-order valence-corrected chi connectivity index (χ3v) is 3.21. The molecule has 0 aromatic heterocycles. The summed E-state index contributed by atoms with van der Waals surface area (Å²) in [6.45, 7) is 4.79. The number of benzene rings is 2. The highest BCUT2D eigenvalue weighted by Crippen LogP contribution is 2.23. The second-order valence-electron chi connectivity index (χ2n) is 5.49. The Balaban J connectivity index is 1.91. The van der Waals surface area contributed by atoms with Gasteiger partial charge in [0.2, 0.25) is 0 Å². The first-order chi connectivity index (χ1) is 9.65. The highest BCUT2D eigenvalue weighted by Gasteiger charge is 2.09. The molecule has 0 aliphatic rings. The molecular formula is C18H22O2. The molecule has 2 aromatic rings. The van der Waals surface area contributed by atoms with Crippen LogP contribution in [0.2, 0.25) is 0 Å². The maximum absolute atomic E-state index is 10.0. The molecule has 0 aliphatic carbocycles. The minimum absolute atomic E-state index is 0.391. The normalized spacial score (nSPS) is 12.4. The quantitative estimate of drug-likeness (QED) is 0.845. The van der Waals surface area contributed by atoms with Crippen molar-refractivity contribution in [3.63, 3.8) is 0 Å². The van der Waals surface area contributed by atoms with Crippen LogP contribution in [0.5, 0.6) is 5.75 Å². The summed E-state index contributed by atoms with van der Waals surface area (Å²) in [5.41, 5.74) is 2.10. The zero-order chi connectivity index (χ0) is 14.4. The molecule has 0 bridgehead atoms. The van der Waals surface area contributed by atoms with Gasteiger partial charge in [-0.2, -0.15) is 0 Å². The Kier molecular flexibility index (Phi) is 5.19. The summed E-state index contributed by atoms with van der Waals surface area (Å²) in [5.74, 6) is 1.31. The number of aliphatic hydroxyl groups excluding tert-OH is 1. The minimum Gasteiger partial charge on any atom is -0.489 e. The lowest BCUT2D eigenvalue weighted by Crippen LogP contribution is -2.02. The van der Waals surface area contributed by atoms with Crippen molar-refractivity contribution in [2.24, 2.45) is 5.92 Å². The number of hydrogen-bond acceptors (Lipinski definition) is 2. The summed E-state index contributed by atoms with van der Waals surface area (Å²) in [6.07, 6.45) is 0.391. The van der Waals surface area contributed by atoms with Gasteiger partial charge in [0.1, 0.15) is 12.4 Å². The van der Waals surface area contributed by atoms with Gasteiger partial charge in [-0.05, 0) is 35.6 Å². The van der Waals surface area contributed by atoms with E-state index in [4.69, 9.17) is 4.74 Å². The van der Waals surface area contributed by atoms with Crippen LogP contribution >= 0.6 is 0 Å². The van der Waals surface area contributed by atoms with E-state index in [0.29, 0.717) is 12.5 Å². The minimum atomic E-state index is -0.391. The molecule has 0 heterocycles. The molecule has 0 saturated carbocycles. The molecule has 106 valence electrons. The molecule has 2 heteroatoms. The summed E-state index contributed by atoms with van der Waals surface area (Å²) in [4.78, 5) is 0. The fraction of sp³-hybridized carbons (Fsp3) is 0.333. The molecule has 20 heavy (non-hydrogen) atoms. The Hall–Kier alpha value is -1.80. The molecule has 1 unspecified atom stereocenters. The van der Waals surface area contributed by atoms with Crippen LogP contribution < -0.4 is 4.74 Å². The molecule has 0 aliphatic heterocycles. The lowest BCUT2D eigenvalue weighted by molar-refractivity contribution is 0.151. The first-order valence-electron chi connectivity index (χ1n) is 7.10. The lowest BCUT2D eigenvalue weighted by Gasteiger charge is -2.14. The van der Waals surface area contributed by atoms with Crippen molar-refractivity contribution < 1.29 is 9.84 Å². The summed E-state index contributed by atoms with van der Waals surface area (Å²) >= 11 is 0. The van der Waals surface area contributed by atoms with Gasteiger partial charge in [-0.15, -0.1) is 0 Å². The van der Waals surface area contributed by atoms with Crippen molar-refractivity contribution in [1.29, 1.82) is 0 Å². The Morgan fingerprint density at radius 3 is 2.20 bits per heavy atom. The Bertz CT molecular complexity index is 503. The van der Waals surface area contributed by atoms with Crippen LogP contribution in [0.4, 0.5) is 0 Å². The van der Waals surface area contributed by atoms with E-state index >= 15 is 0 Å². The molecule has 1 N–H and O–H groups in total. The van der Waals surface area contributed by atoms with Gasteiger partial charge in [0.15, 0.2) is 0 Å². The zero-order valence-corrected chi connectivity index (χ0v) is 12.1. The molecule has 0 fully saturated rings. The van der Waals surface area contributed by atoms with Gasteiger partial charge in [-0.1, -0.05) is 56.3 Å². The second-order valence-corrected chi connectivity index (χ2v) is 5.49. The van der Waals surface area contributed by atoms with Crippen LogP contribution in [0.3, 0.4) is 0 Å². The lowest BCUT2D eigenvalue weighted by atomic mass is 10.00. The van der Waals surface area contributed by atoms with Crippen LogP contribution in [-0.4, -0.2) is 5.11 Å². The average Bonchev–Trinajstić information content (AvgIpc) is 2.46. The van der Waals surface area contributed by atoms with E-state index in [0.717, 1.165) is 23.3 Å². The third kappa shape index (κ3) is 4.39. The molecule has 0 saturated heterocycles. The number of rotatable bonds is 6. The average molecular weight is 270 g/mol. The van der Waals surface area contributed by atoms with E-state index in [2.05, 4.69) is 13.8 Å². The van der Waals surface area contributed by atoms with E-state index in [1.807, 2.05) is 54.6 Å². The van der Waals surface area contributed by atoms with E-state index in [1.54, 1.807) is 0 Å². The van der Waals surface area contributed by atoms with Crippen LogP contribution in [0.1, 0.15) is 37.5 Å². The summed E-state index contributed by atoms with van der Waals surface area (Å²) < 4.78 is 5.73. The zero-order valence-electron chi connectivity index (χ0n) is 12.1. The van der Waals surface area contributed by atoms with Gasteiger partial charge in [0.05, 0.1) is 6.10 Å². The van der Waals surface area contributed by atoms with E-state index in [-0.39, 0.29) is 0 Å². The van der Waals surface area contributed by atoms with Gasteiger partial charge in [-0.25, -0.2) is 0 Å². The molecule has 2 nitrogen and oxygen atoms in total. The predicted octanol–water partition coefficient (Wildman–Crippen LogP) is 4.35. The molecule has 0 amide bonds. The van der Waals surface area contributed by atoms with Crippen molar-refractivity contribution in [2.45, 2.75) is 33.0 Å². The van der Waals surface area contributed by atoms with Crippen LogP contribution in [-0.2, 0) is 6.61 Å². The smallest absolute Gasteiger partial charge is 0.119 e. The van der Waals surface area contributed by atoms with Crippen LogP contribution in [0.25, 0.3) is 0 Å². The summed E-state index contributed by atoms with van der Waals surface area (Å²) in [6, 6.07) is 17.8. The fourth-order valence-corrected chi connectivity index (χ4v) is 2.11. The van der Waals surface area contributed by atoms with Gasteiger partial charge in [0.25, 0.3) is 0 Å². The topological polar surface area (TPSA) is 29.5 Å². The van der Waals surface area contributed by atoms with Gasteiger partial charge in [-0.3, -0.25) is 0 Å². The Labute approximate surface area is 121 Å². The Morgan fingerprint density at radius 2 is 1.60 bits per heavy atom. The molecule has 2 rings (SSSR count). The largest absolute Gasteiger partial charge is 0.489 e. The Morgan fingerprint density at radius 1 is 0.950 bits per heavy atom. The van der Waals surface area contributed by atoms with Crippen molar-refractivity contribution in [3.05, 3.63) is 65.7 Å². The molecule has 1 atom stereocenters. The second kappa shape index (κ2) is 7.11. The maximum atomic E-state index is 10.0. The molecular weight excluding hydrogens is 248 g/mol. The number of ether oxygens (including phenoxy) is 1. The van der Waals surface area contributed by atoms with E-state index in [9.17, 15) is 5.11 Å². The first kappa shape index (κ1) is 14.6. The van der Waals surface area contributed by atoms with E-state index in [1.165, 1.54) is 0 Å². The first-order valence-corrected chi connectivity index (χ1v) is 7.10. The van der Waals surface area contributed by atoms with Gasteiger partial charge >= 0.3 is 0 Å². The van der Waals surface area contributed by atoms with Gasteiger partial charge in [0, 0.05) is 0 Å². The summed E-state index contributed by atoms with van der Waals surface area (Å²) in [7, 11) is 0. The number of aliphatic hydroxyl groups is 1. The highest BCUT2D eigenvalue weighted by molar-refractivity contribution is 5.29. The van der Waals surface area contributed by atoms with Crippen molar-refractivity contribution >= 4 is 0 Å². The van der Waals surface area contributed by atoms with Crippen molar-refractivity contribution in [2.75, 3.05) is 0 Å². The van der Waals surface area contributed by atoms with E-state index < -0.39 is 6.10 Å². The summed E-state index contributed by atoms with van der Waals surface area (Å²) in [5, 5.41) is 10.0. The molecule has 2 aromatic carbocycles.